The monoisotopic (exact) mass is 238 g/mol. The van der Waals surface area contributed by atoms with Gasteiger partial charge in [-0.15, -0.1) is 0 Å². The number of halogens is 1. The molecule has 1 rings (SSSR count). The summed E-state index contributed by atoms with van der Waals surface area (Å²) in [6.07, 6.45) is 2.94. The van der Waals surface area contributed by atoms with Gasteiger partial charge < -0.3 is 9.84 Å². The van der Waals surface area contributed by atoms with Gasteiger partial charge in [0.1, 0.15) is 5.82 Å². The van der Waals surface area contributed by atoms with Crippen molar-refractivity contribution in [3.63, 3.8) is 0 Å². The Bertz CT molecular complexity index is 466. The summed E-state index contributed by atoms with van der Waals surface area (Å²) in [5.74, 6) is -2.27. The fraction of sp³-hybridized carbons (Fsp3) is 0.167. The molecular weight excluding hydrogens is 227 g/mol. The Labute approximate surface area is 97.3 Å². The lowest BCUT2D eigenvalue weighted by atomic mass is 10.1. The Hall–Kier alpha value is -2.17. The highest BCUT2D eigenvalue weighted by molar-refractivity contribution is 5.92. The van der Waals surface area contributed by atoms with Crippen molar-refractivity contribution in [2.24, 2.45) is 0 Å². The van der Waals surface area contributed by atoms with Crippen LogP contribution in [0.1, 0.15) is 22.3 Å². The van der Waals surface area contributed by atoms with E-state index in [4.69, 9.17) is 5.11 Å². The molecule has 0 aliphatic carbocycles. The second-order valence-corrected chi connectivity index (χ2v) is 3.22. The van der Waals surface area contributed by atoms with Gasteiger partial charge in [0, 0.05) is 0 Å². The molecule has 5 heteroatoms. The highest BCUT2D eigenvalue weighted by Crippen LogP contribution is 2.13. The van der Waals surface area contributed by atoms with Gasteiger partial charge in [-0.1, -0.05) is 18.2 Å². The van der Waals surface area contributed by atoms with Crippen molar-refractivity contribution < 1.29 is 23.8 Å². The van der Waals surface area contributed by atoms with Gasteiger partial charge in [-0.2, -0.15) is 0 Å². The zero-order chi connectivity index (χ0) is 12.8. The lowest BCUT2D eigenvalue weighted by Crippen LogP contribution is -2.00. The van der Waals surface area contributed by atoms with Crippen LogP contribution < -0.4 is 0 Å². The minimum Gasteiger partial charge on any atom is -0.478 e. The number of benzene rings is 1. The molecule has 0 saturated carbocycles. The molecule has 0 heterocycles. The molecule has 90 valence electrons. The summed E-state index contributed by atoms with van der Waals surface area (Å²) >= 11 is 0. The molecule has 0 saturated heterocycles. The normalized spacial score (nSPS) is 10.5. The van der Waals surface area contributed by atoms with E-state index in [1.165, 1.54) is 25.3 Å². The smallest absolute Gasteiger partial charge is 0.336 e. The topological polar surface area (TPSA) is 63.6 Å². The number of methoxy groups -OCH3 is 1. The molecule has 0 amide bonds. The van der Waals surface area contributed by atoms with E-state index in [9.17, 15) is 14.0 Å². The molecule has 1 aromatic rings. The van der Waals surface area contributed by atoms with Gasteiger partial charge in [0.15, 0.2) is 0 Å². The van der Waals surface area contributed by atoms with Crippen molar-refractivity contribution in [3.05, 3.63) is 41.2 Å². The average molecular weight is 238 g/mol. The molecule has 0 aromatic heterocycles. The van der Waals surface area contributed by atoms with Crippen molar-refractivity contribution in [2.75, 3.05) is 7.11 Å². The summed E-state index contributed by atoms with van der Waals surface area (Å²) in [5, 5.41) is 8.85. The van der Waals surface area contributed by atoms with Crippen LogP contribution in [0.2, 0.25) is 0 Å². The fourth-order valence-electron chi connectivity index (χ4n) is 1.22. The lowest BCUT2D eigenvalue weighted by Gasteiger charge is -2.01. The minimum atomic E-state index is -1.22. The maximum Gasteiger partial charge on any atom is 0.336 e. The standard InChI is InChI=1S/C12H11FO4/c1-17-11(14)4-2-3-8-5-6-9(13)7-10(8)12(15)16/h2-3,5-7H,4H2,1H3,(H,15,16). The Morgan fingerprint density at radius 2 is 2.18 bits per heavy atom. The number of rotatable bonds is 4. The number of aromatic carboxylic acids is 1. The molecule has 1 aromatic carbocycles. The summed E-state index contributed by atoms with van der Waals surface area (Å²) in [6, 6.07) is 3.43. The Morgan fingerprint density at radius 1 is 1.47 bits per heavy atom. The van der Waals surface area contributed by atoms with Crippen LogP contribution in [-0.2, 0) is 9.53 Å². The van der Waals surface area contributed by atoms with Crippen LogP contribution in [0.15, 0.2) is 24.3 Å². The van der Waals surface area contributed by atoms with E-state index < -0.39 is 17.8 Å². The quantitative estimate of drug-likeness (QED) is 0.816. The maximum absolute atomic E-state index is 12.9. The van der Waals surface area contributed by atoms with Gasteiger partial charge in [0.25, 0.3) is 0 Å². The molecule has 17 heavy (non-hydrogen) atoms. The molecule has 0 unspecified atom stereocenters. The van der Waals surface area contributed by atoms with E-state index in [1.54, 1.807) is 0 Å². The first kappa shape index (κ1) is 12.9. The summed E-state index contributed by atoms with van der Waals surface area (Å²) in [5.41, 5.74) is 0.189. The van der Waals surface area contributed by atoms with Crippen molar-refractivity contribution in [2.45, 2.75) is 6.42 Å². The molecule has 0 spiro atoms. The third-order valence-electron chi connectivity index (χ3n) is 2.06. The van der Waals surface area contributed by atoms with Gasteiger partial charge in [-0.25, -0.2) is 9.18 Å². The fourth-order valence-corrected chi connectivity index (χ4v) is 1.22. The molecular formula is C12H11FO4. The van der Waals surface area contributed by atoms with Gasteiger partial charge in [0.2, 0.25) is 0 Å². The predicted octanol–water partition coefficient (Wildman–Crippen LogP) is 2.10. The van der Waals surface area contributed by atoms with Crippen LogP contribution in [0.25, 0.3) is 6.08 Å². The average Bonchev–Trinajstić information content (AvgIpc) is 2.30. The first-order valence-corrected chi connectivity index (χ1v) is 4.81. The van der Waals surface area contributed by atoms with Crippen LogP contribution in [-0.4, -0.2) is 24.2 Å². The molecule has 0 fully saturated rings. The van der Waals surface area contributed by atoms with E-state index in [0.717, 1.165) is 12.1 Å². The number of ether oxygens (including phenoxy) is 1. The third-order valence-corrected chi connectivity index (χ3v) is 2.06. The zero-order valence-corrected chi connectivity index (χ0v) is 9.14. The number of carboxylic acid groups (broad SMARTS) is 1. The van der Waals surface area contributed by atoms with E-state index >= 15 is 0 Å². The van der Waals surface area contributed by atoms with Crippen LogP contribution in [0.5, 0.6) is 0 Å². The molecule has 0 bridgehead atoms. The maximum atomic E-state index is 12.9. The van der Waals surface area contributed by atoms with E-state index in [-0.39, 0.29) is 12.0 Å². The van der Waals surface area contributed by atoms with Gasteiger partial charge in [-0.3, -0.25) is 4.79 Å². The van der Waals surface area contributed by atoms with Crippen molar-refractivity contribution in [1.29, 1.82) is 0 Å². The number of hydrogen-bond donors (Lipinski definition) is 1. The van der Waals surface area contributed by atoms with E-state index in [1.807, 2.05) is 0 Å². The second kappa shape index (κ2) is 5.79. The molecule has 0 aliphatic heterocycles. The molecule has 4 nitrogen and oxygen atoms in total. The lowest BCUT2D eigenvalue weighted by molar-refractivity contribution is -0.139. The van der Waals surface area contributed by atoms with Gasteiger partial charge >= 0.3 is 11.9 Å². The number of hydrogen-bond acceptors (Lipinski definition) is 3. The predicted molar refractivity (Wildman–Crippen MR) is 59.0 cm³/mol. The molecule has 1 N–H and O–H groups in total. The summed E-state index contributed by atoms with van der Waals surface area (Å²) in [7, 11) is 1.26. The number of carboxylic acids is 1. The Balaban J connectivity index is 2.90. The van der Waals surface area contributed by atoms with Crippen LogP contribution in [0.3, 0.4) is 0 Å². The minimum absolute atomic E-state index is 0.0347. The van der Waals surface area contributed by atoms with Crippen molar-refractivity contribution >= 4 is 18.0 Å². The Morgan fingerprint density at radius 3 is 2.76 bits per heavy atom. The largest absolute Gasteiger partial charge is 0.478 e. The molecule has 0 aliphatic rings. The molecule has 0 atom stereocenters. The highest BCUT2D eigenvalue weighted by Gasteiger charge is 2.09. The van der Waals surface area contributed by atoms with Crippen LogP contribution in [0.4, 0.5) is 4.39 Å². The van der Waals surface area contributed by atoms with E-state index in [0.29, 0.717) is 5.56 Å². The van der Waals surface area contributed by atoms with E-state index in [2.05, 4.69) is 4.74 Å². The highest BCUT2D eigenvalue weighted by atomic mass is 19.1. The number of esters is 1. The van der Waals surface area contributed by atoms with Crippen molar-refractivity contribution in [3.8, 4) is 0 Å². The second-order valence-electron chi connectivity index (χ2n) is 3.22. The van der Waals surface area contributed by atoms with Gasteiger partial charge in [0.05, 0.1) is 19.1 Å². The first-order valence-electron chi connectivity index (χ1n) is 4.81. The summed E-state index contributed by atoms with van der Waals surface area (Å²) in [4.78, 5) is 21.7. The van der Waals surface area contributed by atoms with Crippen LogP contribution in [0, 0.1) is 5.82 Å². The van der Waals surface area contributed by atoms with Crippen LogP contribution >= 0.6 is 0 Å². The zero-order valence-electron chi connectivity index (χ0n) is 9.14. The SMILES string of the molecule is COC(=O)CC=Cc1ccc(F)cc1C(=O)O. The Kier molecular flexibility index (Phi) is 4.39. The van der Waals surface area contributed by atoms with Gasteiger partial charge in [-0.05, 0) is 17.7 Å². The first-order chi connectivity index (χ1) is 8.04. The van der Waals surface area contributed by atoms with Crippen molar-refractivity contribution in [1.82, 2.24) is 0 Å². The number of carbonyl (C=O) groups excluding carboxylic acids is 1. The summed E-state index contributed by atoms with van der Waals surface area (Å²) in [6.45, 7) is 0. The summed E-state index contributed by atoms with van der Waals surface area (Å²) < 4.78 is 17.3. The third kappa shape index (κ3) is 3.71. The molecule has 0 radical (unpaired) electrons. The number of carbonyl (C=O) groups is 2.